The zero-order chi connectivity index (χ0) is 8.81. The summed E-state index contributed by atoms with van der Waals surface area (Å²) < 4.78 is 5.31. The van der Waals surface area contributed by atoms with Gasteiger partial charge in [0, 0.05) is 0 Å². The number of ether oxygens (including phenoxy) is 1. The molecule has 0 heterocycles. The van der Waals surface area contributed by atoms with Crippen molar-refractivity contribution < 1.29 is 9.84 Å². The Bertz CT molecular complexity index is 208. The minimum absolute atomic E-state index is 0.356. The third-order valence-corrected chi connectivity index (χ3v) is 1.66. The highest BCUT2D eigenvalue weighted by atomic mass is 16.5. The molecule has 0 amide bonds. The van der Waals surface area contributed by atoms with Gasteiger partial charge in [-0.3, -0.25) is 0 Å². The maximum absolute atomic E-state index is 9.19. The second kappa shape index (κ2) is 4.78. The van der Waals surface area contributed by atoms with Gasteiger partial charge < -0.3 is 9.84 Å². The van der Waals surface area contributed by atoms with Gasteiger partial charge in [0.25, 0.3) is 0 Å². The Labute approximate surface area is 72.8 Å². The predicted octanol–water partition coefficient (Wildman–Crippen LogP) is 1.84. The zero-order valence-corrected chi connectivity index (χ0v) is 7.23. The highest BCUT2D eigenvalue weighted by molar-refractivity contribution is 5.20. The van der Waals surface area contributed by atoms with Gasteiger partial charge in [0.05, 0.1) is 6.10 Å². The quantitative estimate of drug-likeness (QED) is 0.739. The first-order valence-corrected chi connectivity index (χ1v) is 4.19. The van der Waals surface area contributed by atoms with Gasteiger partial charge in [-0.15, -0.1) is 0 Å². The molecule has 1 atom stereocenters. The highest BCUT2D eigenvalue weighted by Crippen LogP contribution is 2.08. The first-order chi connectivity index (χ1) is 5.83. The molecule has 66 valence electrons. The predicted molar refractivity (Wildman–Crippen MR) is 48.2 cm³/mol. The summed E-state index contributed by atoms with van der Waals surface area (Å²) in [7, 11) is 0. The molecule has 2 heteroatoms. The molecule has 1 N–H and O–H groups in total. The third kappa shape index (κ3) is 2.93. The molecule has 2 nitrogen and oxygen atoms in total. The fraction of sp³-hybridized carbons (Fsp3) is 0.400. The summed E-state index contributed by atoms with van der Waals surface area (Å²) in [6, 6.07) is 9.51. The molecule has 0 bridgehead atoms. The van der Waals surface area contributed by atoms with Crippen LogP contribution in [0.5, 0.6) is 5.75 Å². The van der Waals surface area contributed by atoms with Crippen molar-refractivity contribution in [3.05, 3.63) is 30.3 Å². The summed E-state index contributed by atoms with van der Waals surface area (Å²) in [5.41, 5.74) is 0. The average molecular weight is 166 g/mol. The molecule has 0 aliphatic carbocycles. The molecule has 0 aliphatic rings. The van der Waals surface area contributed by atoms with E-state index in [0.29, 0.717) is 6.61 Å². The number of aliphatic hydroxyl groups excluding tert-OH is 1. The van der Waals surface area contributed by atoms with Crippen LogP contribution >= 0.6 is 0 Å². The minimum atomic E-state index is -0.356. The Morgan fingerprint density at radius 2 is 2.00 bits per heavy atom. The minimum Gasteiger partial charge on any atom is -0.491 e. The SMILES string of the molecule is CC[C@@H](O)COc1ccccc1. The summed E-state index contributed by atoms with van der Waals surface area (Å²) in [5.74, 6) is 0.810. The van der Waals surface area contributed by atoms with Gasteiger partial charge in [-0.25, -0.2) is 0 Å². The van der Waals surface area contributed by atoms with Crippen LogP contribution in [-0.4, -0.2) is 17.8 Å². The van der Waals surface area contributed by atoms with Gasteiger partial charge >= 0.3 is 0 Å². The smallest absolute Gasteiger partial charge is 0.119 e. The third-order valence-electron chi connectivity index (χ3n) is 1.66. The van der Waals surface area contributed by atoms with E-state index >= 15 is 0 Å². The van der Waals surface area contributed by atoms with Crippen molar-refractivity contribution in [2.24, 2.45) is 0 Å². The second-order valence-corrected chi connectivity index (χ2v) is 2.69. The highest BCUT2D eigenvalue weighted by Gasteiger charge is 2.00. The molecular formula is C10H14O2. The van der Waals surface area contributed by atoms with Gasteiger partial charge in [0.1, 0.15) is 12.4 Å². The fourth-order valence-corrected chi connectivity index (χ4v) is 0.827. The molecule has 1 aromatic rings. The maximum atomic E-state index is 9.19. The summed E-state index contributed by atoms with van der Waals surface area (Å²) >= 11 is 0. The van der Waals surface area contributed by atoms with Crippen molar-refractivity contribution in [3.8, 4) is 5.75 Å². The monoisotopic (exact) mass is 166 g/mol. The fourth-order valence-electron chi connectivity index (χ4n) is 0.827. The lowest BCUT2D eigenvalue weighted by molar-refractivity contribution is 0.104. The topological polar surface area (TPSA) is 29.5 Å². The van der Waals surface area contributed by atoms with Gasteiger partial charge in [-0.2, -0.15) is 0 Å². The van der Waals surface area contributed by atoms with E-state index in [0.717, 1.165) is 12.2 Å². The van der Waals surface area contributed by atoms with Crippen LogP contribution in [0.15, 0.2) is 30.3 Å². The van der Waals surface area contributed by atoms with Crippen LogP contribution in [0.3, 0.4) is 0 Å². The Morgan fingerprint density at radius 3 is 2.58 bits per heavy atom. The molecule has 1 aromatic carbocycles. The molecular weight excluding hydrogens is 152 g/mol. The van der Waals surface area contributed by atoms with Crippen LogP contribution in [0, 0.1) is 0 Å². The number of aliphatic hydroxyl groups is 1. The largest absolute Gasteiger partial charge is 0.491 e. The molecule has 0 radical (unpaired) electrons. The number of benzene rings is 1. The van der Waals surface area contributed by atoms with Crippen LogP contribution in [0.2, 0.25) is 0 Å². The van der Waals surface area contributed by atoms with Gasteiger partial charge in [-0.1, -0.05) is 25.1 Å². The van der Waals surface area contributed by atoms with E-state index in [-0.39, 0.29) is 6.10 Å². The lowest BCUT2D eigenvalue weighted by atomic mass is 10.3. The number of hydrogen-bond acceptors (Lipinski definition) is 2. The molecule has 0 aromatic heterocycles. The van der Waals surface area contributed by atoms with Crippen LogP contribution in [0.4, 0.5) is 0 Å². The average Bonchev–Trinajstić information content (AvgIpc) is 2.16. The second-order valence-electron chi connectivity index (χ2n) is 2.69. The first kappa shape index (κ1) is 9.07. The zero-order valence-electron chi connectivity index (χ0n) is 7.23. The van der Waals surface area contributed by atoms with Gasteiger partial charge in [-0.05, 0) is 18.6 Å². The lowest BCUT2D eigenvalue weighted by Crippen LogP contribution is -2.15. The molecule has 0 aliphatic heterocycles. The van der Waals surface area contributed by atoms with Crippen molar-refractivity contribution in [2.75, 3.05) is 6.61 Å². The van der Waals surface area contributed by atoms with E-state index in [1.54, 1.807) is 0 Å². The molecule has 0 fully saturated rings. The number of para-hydroxylation sites is 1. The summed E-state index contributed by atoms with van der Waals surface area (Å²) in [4.78, 5) is 0. The Balaban J connectivity index is 2.33. The van der Waals surface area contributed by atoms with Crippen LogP contribution in [0.25, 0.3) is 0 Å². The van der Waals surface area contributed by atoms with Crippen molar-refractivity contribution in [3.63, 3.8) is 0 Å². The summed E-state index contributed by atoms with van der Waals surface area (Å²) in [5, 5.41) is 9.19. The Kier molecular flexibility index (Phi) is 3.61. The van der Waals surface area contributed by atoms with E-state index in [1.807, 2.05) is 37.3 Å². The van der Waals surface area contributed by atoms with Crippen molar-refractivity contribution in [1.82, 2.24) is 0 Å². The first-order valence-electron chi connectivity index (χ1n) is 4.19. The van der Waals surface area contributed by atoms with Crippen LogP contribution < -0.4 is 4.74 Å². The van der Waals surface area contributed by atoms with Gasteiger partial charge in [0.2, 0.25) is 0 Å². The van der Waals surface area contributed by atoms with E-state index < -0.39 is 0 Å². The maximum Gasteiger partial charge on any atom is 0.119 e. The van der Waals surface area contributed by atoms with Crippen molar-refractivity contribution in [1.29, 1.82) is 0 Å². The lowest BCUT2D eigenvalue weighted by Gasteiger charge is -2.09. The molecule has 0 saturated carbocycles. The van der Waals surface area contributed by atoms with E-state index in [9.17, 15) is 5.11 Å². The summed E-state index contributed by atoms with van der Waals surface area (Å²) in [6.45, 7) is 2.31. The Hall–Kier alpha value is -1.02. The molecule has 0 unspecified atom stereocenters. The Morgan fingerprint density at radius 1 is 1.33 bits per heavy atom. The summed E-state index contributed by atoms with van der Waals surface area (Å²) in [6.07, 6.45) is 0.373. The van der Waals surface area contributed by atoms with Crippen LogP contribution in [0.1, 0.15) is 13.3 Å². The number of rotatable bonds is 4. The van der Waals surface area contributed by atoms with E-state index in [4.69, 9.17) is 4.74 Å². The normalized spacial score (nSPS) is 12.5. The molecule has 0 saturated heterocycles. The number of hydrogen-bond donors (Lipinski definition) is 1. The van der Waals surface area contributed by atoms with E-state index in [2.05, 4.69) is 0 Å². The molecule has 12 heavy (non-hydrogen) atoms. The van der Waals surface area contributed by atoms with E-state index in [1.165, 1.54) is 0 Å². The molecule has 1 rings (SSSR count). The molecule has 0 spiro atoms. The standard InChI is InChI=1S/C10H14O2/c1-2-9(11)8-12-10-6-4-3-5-7-10/h3-7,9,11H,2,8H2,1H3/t9-/m1/s1. The van der Waals surface area contributed by atoms with Crippen molar-refractivity contribution >= 4 is 0 Å². The van der Waals surface area contributed by atoms with Crippen LogP contribution in [-0.2, 0) is 0 Å². The van der Waals surface area contributed by atoms with Gasteiger partial charge in [0.15, 0.2) is 0 Å². The van der Waals surface area contributed by atoms with Crippen molar-refractivity contribution in [2.45, 2.75) is 19.4 Å².